The van der Waals surface area contributed by atoms with E-state index in [1.54, 1.807) is 6.07 Å². The number of hydrogen-bond acceptors (Lipinski definition) is 1. The van der Waals surface area contributed by atoms with Gasteiger partial charge in [0.2, 0.25) is 0 Å². The van der Waals surface area contributed by atoms with Crippen molar-refractivity contribution in [2.75, 3.05) is 0 Å². The highest BCUT2D eigenvalue weighted by molar-refractivity contribution is 6.52. The van der Waals surface area contributed by atoms with Gasteiger partial charge in [0.25, 0.3) is 0 Å². The molecule has 1 rings (SSSR count). The van der Waals surface area contributed by atoms with Gasteiger partial charge in [0.05, 0.1) is 5.75 Å². The lowest BCUT2D eigenvalue weighted by atomic mass is 10.2. The average Bonchev–Trinajstić information content (AvgIpc) is 2.48. The lowest BCUT2D eigenvalue weighted by Crippen LogP contribution is -2.21. The number of rotatable bonds is 12. The Morgan fingerprint density at radius 2 is 1.52 bits per heavy atom. The summed E-state index contributed by atoms with van der Waals surface area (Å²) in [6, 6.07) is 6.63. The molecule has 0 radical (unpaired) electrons. The first-order valence-electron chi connectivity index (χ1n) is 8.68. The topological polar surface area (TPSA) is 9.23 Å². The van der Waals surface area contributed by atoms with Crippen molar-refractivity contribution in [1.82, 2.24) is 0 Å². The summed E-state index contributed by atoms with van der Waals surface area (Å²) in [5, 5.41) is 2.45. The highest BCUT2D eigenvalue weighted by Crippen LogP contribution is 2.19. The standard InChI is InChI=1S/C6H5FO.2C6H13.Al/c7-5-2-1-3-6(8)4-5;2*1-3-5-6-4-2;/h1-4,8H;2*1,3-6H2,2H3;/q;;;+1/p-1. The van der Waals surface area contributed by atoms with Gasteiger partial charge in [0, 0.05) is 6.07 Å². The molecule has 1 aromatic rings. The molecule has 1 aromatic carbocycles. The van der Waals surface area contributed by atoms with E-state index in [2.05, 4.69) is 13.8 Å². The third kappa shape index (κ3) is 9.17. The second-order valence-corrected chi connectivity index (χ2v) is 8.53. The maximum atomic E-state index is 13.3. The van der Waals surface area contributed by atoms with E-state index in [9.17, 15) is 4.39 Å². The van der Waals surface area contributed by atoms with Crippen LogP contribution in [0.15, 0.2) is 24.3 Å². The molecule has 0 bridgehead atoms. The van der Waals surface area contributed by atoms with Crippen LogP contribution in [0.25, 0.3) is 0 Å². The van der Waals surface area contributed by atoms with E-state index in [1.807, 2.05) is 6.07 Å². The predicted octanol–water partition coefficient (Wildman–Crippen LogP) is 6.36. The SMILES string of the molecule is CCCCC[CH2][Al]([CH2]CCCCC)[O]c1cccc(F)c1. The fourth-order valence-corrected chi connectivity index (χ4v) is 5.14. The minimum absolute atomic E-state index is 0.197. The Kier molecular flexibility index (Phi) is 10.7. The third-order valence-corrected chi connectivity index (χ3v) is 6.57. The summed E-state index contributed by atoms with van der Waals surface area (Å²) in [5.41, 5.74) is 0. The van der Waals surface area contributed by atoms with Crippen molar-refractivity contribution in [3.63, 3.8) is 0 Å². The molecule has 0 unspecified atom stereocenters. The van der Waals surface area contributed by atoms with Crippen molar-refractivity contribution in [1.29, 1.82) is 0 Å². The fourth-order valence-electron chi connectivity index (χ4n) is 2.59. The number of unbranched alkanes of at least 4 members (excludes halogenated alkanes) is 6. The van der Waals surface area contributed by atoms with Gasteiger partial charge in [-0.2, -0.15) is 0 Å². The smallest absolute Gasteiger partial charge is 0.546 e. The van der Waals surface area contributed by atoms with Crippen LogP contribution >= 0.6 is 0 Å². The lowest BCUT2D eigenvalue weighted by Gasteiger charge is -2.15. The van der Waals surface area contributed by atoms with Crippen LogP contribution in [0.5, 0.6) is 5.75 Å². The molecule has 118 valence electrons. The quantitative estimate of drug-likeness (QED) is 0.322. The van der Waals surface area contributed by atoms with Gasteiger partial charge in [-0.1, -0.05) is 81.8 Å². The number of hydrogen-bond donors (Lipinski definition) is 0. The normalized spacial score (nSPS) is 10.6. The van der Waals surface area contributed by atoms with Gasteiger partial charge in [0.15, 0.2) is 0 Å². The van der Waals surface area contributed by atoms with Crippen molar-refractivity contribution in [2.24, 2.45) is 0 Å². The van der Waals surface area contributed by atoms with E-state index in [0.717, 1.165) is 5.75 Å². The van der Waals surface area contributed by atoms with Gasteiger partial charge in [-0.15, -0.1) is 0 Å². The summed E-state index contributed by atoms with van der Waals surface area (Å²) in [4.78, 5) is 0. The average molecular weight is 308 g/mol. The molecule has 21 heavy (non-hydrogen) atoms. The summed E-state index contributed by atoms with van der Waals surface area (Å²) in [6.45, 7) is 4.48. The van der Waals surface area contributed by atoms with Crippen LogP contribution in [-0.4, -0.2) is 14.5 Å². The molecule has 1 nitrogen and oxygen atoms in total. The summed E-state index contributed by atoms with van der Waals surface area (Å²) in [7, 11) is 0. The zero-order valence-electron chi connectivity index (χ0n) is 13.7. The lowest BCUT2D eigenvalue weighted by molar-refractivity contribution is 0.536. The molecular weight excluding hydrogens is 278 g/mol. The van der Waals surface area contributed by atoms with Gasteiger partial charge in [-0.05, 0) is 12.1 Å². The Balaban J connectivity index is 2.41. The van der Waals surface area contributed by atoms with E-state index in [-0.39, 0.29) is 5.82 Å². The zero-order valence-corrected chi connectivity index (χ0v) is 14.9. The van der Waals surface area contributed by atoms with Crippen LogP contribution in [0, 0.1) is 5.82 Å². The zero-order chi connectivity index (χ0) is 15.3. The van der Waals surface area contributed by atoms with Crippen LogP contribution < -0.4 is 3.79 Å². The molecule has 0 aliphatic heterocycles. The van der Waals surface area contributed by atoms with Gasteiger partial charge < -0.3 is 3.79 Å². The Bertz CT molecular complexity index is 358. The Morgan fingerprint density at radius 1 is 0.905 bits per heavy atom. The molecule has 0 fully saturated rings. The second kappa shape index (κ2) is 12.1. The van der Waals surface area contributed by atoms with Crippen LogP contribution in [0.1, 0.15) is 65.2 Å². The molecule has 0 saturated heterocycles. The minimum Gasteiger partial charge on any atom is -0.642 e. The van der Waals surface area contributed by atoms with Gasteiger partial charge in [0.1, 0.15) is 5.82 Å². The van der Waals surface area contributed by atoms with Crippen molar-refractivity contribution < 1.29 is 8.18 Å². The van der Waals surface area contributed by atoms with Gasteiger partial charge in [-0.25, -0.2) is 4.39 Å². The maximum absolute atomic E-state index is 13.3. The van der Waals surface area contributed by atoms with Crippen molar-refractivity contribution in [2.45, 2.75) is 75.8 Å². The molecule has 0 amide bonds. The molecule has 0 saturated carbocycles. The van der Waals surface area contributed by atoms with E-state index in [1.165, 1.54) is 74.1 Å². The summed E-state index contributed by atoms with van der Waals surface area (Å²) in [6.07, 6.45) is 10.3. The van der Waals surface area contributed by atoms with Crippen LogP contribution in [0.4, 0.5) is 4.39 Å². The first-order chi connectivity index (χ1) is 10.3. The maximum Gasteiger partial charge on any atom is 0.546 e. The minimum atomic E-state index is -1.23. The van der Waals surface area contributed by atoms with Crippen LogP contribution in [0.3, 0.4) is 0 Å². The molecule has 0 N–H and O–H groups in total. The molecular formula is C18H30AlFO. The third-order valence-electron chi connectivity index (χ3n) is 3.86. The first-order valence-corrected chi connectivity index (χ1v) is 10.8. The molecule has 3 heteroatoms. The highest BCUT2D eigenvalue weighted by Gasteiger charge is 2.22. The number of benzene rings is 1. The first kappa shape index (κ1) is 18.5. The van der Waals surface area contributed by atoms with Gasteiger partial charge in [-0.3, -0.25) is 0 Å². The van der Waals surface area contributed by atoms with Crippen molar-refractivity contribution in [3.05, 3.63) is 30.1 Å². The summed E-state index contributed by atoms with van der Waals surface area (Å²) < 4.78 is 19.4. The molecule has 0 spiro atoms. The van der Waals surface area contributed by atoms with E-state index in [0.29, 0.717) is 0 Å². The summed E-state index contributed by atoms with van der Waals surface area (Å²) in [5.74, 6) is 0.537. The second-order valence-electron chi connectivity index (χ2n) is 5.90. The van der Waals surface area contributed by atoms with E-state index in [4.69, 9.17) is 3.79 Å². The van der Waals surface area contributed by atoms with Crippen LogP contribution in [-0.2, 0) is 0 Å². The van der Waals surface area contributed by atoms with Crippen molar-refractivity contribution in [3.8, 4) is 5.75 Å². The predicted molar refractivity (Wildman–Crippen MR) is 90.7 cm³/mol. The molecule has 0 aliphatic carbocycles. The molecule has 0 atom stereocenters. The highest BCUT2D eigenvalue weighted by atomic mass is 27.2. The van der Waals surface area contributed by atoms with E-state index >= 15 is 0 Å². The van der Waals surface area contributed by atoms with E-state index < -0.39 is 14.5 Å². The molecule has 0 heterocycles. The van der Waals surface area contributed by atoms with Gasteiger partial charge >= 0.3 is 14.5 Å². The molecule has 0 aromatic heterocycles. The number of halogens is 1. The van der Waals surface area contributed by atoms with Crippen molar-refractivity contribution >= 4 is 14.5 Å². The van der Waals surface area contributed by atoms with Crippen LogP contribution in [0.2, 0.25) is 10.6 Å². The Labute approximate surface area is 134 Å². The molecule has 0 aliphatic rings. The monoisotopic (exact) mass is 308 g/mol. The fraction of sp³-hybridized carbons (Fsp3) is 0.667. The Hall–Kier alpha value is -0.518. The largest absolute Gasteiger partial charge is 0.642 e. The Morgan fingerprint density at radius 3 is 2.05 bits per heavy atom. The summed E-state index contributed by atoms with van der Waals surface area (Å²) >= 11 is -1.23.